The van der Waals surface area contributed by atoms with Crippen LogP contribution in [0.2, 0.25) is 0 Å². The molecule has 2 amide bonds. The monoisotopic (exact) mass is 762 g/mol. The molecule has 2 aromatic heterocycles. The summed E-state index contributed by atoms with van der Waals surface area (Å²) >= 11 is 0. The van der Waals surface area contributed by atoms with Crippen molar-refractivity contribution in [3.8, 4) is 28.1 Å². The van der Waals surface area contributed by atoms with Crippen molar-refractivity contribution in [1.29, 1.82) is 0 Å². The Morgan fingerprint density at radius 2 is 1.68 bits per heavy atom. The van der Waals surface area contributed by atoms with E-state index >= 15 is 0 Å². The minimum atomic E-state index is -0.618. The maximum atomic E-state index is 13.5. The summed E-state index contributed by atoms with van der Waals surface area (Å²) in [6.07, 6.45) is 9.65. The number of hydrogen-bond acceptors (Lipinski definition) is 9. The van der Waals surface area contributed by atoms with Gasteiger partial charge in [0.2, 0.25) is 11.8 Å². The van der Waals surface area contributed by atoms with Gasteiger partial charge in [-0.15, -0.1) is 10.2 Å². The molecule has 0 radical (unpaired) electrons. The molecule has 12 nitrogen and oxygen atoms in total. The van der Waals surface area contributed by atoms with Crippen molar-refractivity contribution in [2.45, 2.75) is 110 Å². The molecule has 0 unspecified atom stereocenters. The van der Waals surface area contributed by atoms with Crippen LogP contribution in [-0.4, -0.2) is 89.6 Å². The minimum absolute atomic E-state index is 0.0227. The number of nitrogens with one attached hydrogen (secondary N) is 1. The summed E-state index contributed by atoms with van der Waals surface area (Å²) < 4.78 is 2.00. The zero-order valence-electron chi connectivity index (χ0n) is 33.3. The number of likely N-dealkylation sites (tertiary alicyclic amines) is 2. The predicted octanol–water partition coefficient (Wildman–Crippen LogP) is 5.99. The highest BCUT2D eigenvalue weighted by molar-refractivity contribution is 5.89. The molecule has 2 saturated heterocycles. The van der Waals surface area contributed by atoms with Gasteiger partial charge >= 0.3 is 0 Å². The first kappa shape index (κ1) is 39.4. The third-order valence-electron chi connectivity index (χ3n) is 12.3. The van der Waals surface area contributed by atoms with Gasteiger partial charge in [0.25, 0.3) is 0 Å². The van der Waals surface area contributed by atoms with Crippen molar-refractivity contribution in [1.82, 2.24) is 35.1 Å². The van der Waals surface area contributed by atoms with E-state index in [2.05, 4.69) is 49.8 Å². The van der Waals surface area contributed by atoms with Crippen LogP contribution in [-0.2, 0) is 22.7 Å². The van der Waals surface area contributed by atoms with Crippen LogP contribution < -0.4 is 11.1 Å². The highest BCUT2D eigenvalue weighted by atomic mass is 16.3. The molecule has 0 spiro atoms. The van der Waals surface area contributed by atoms with Gasteiger partial charge in [-0.2, -0.15) is 5.10 Å². The first-order valence-electron chi connectivity index (χ1n) is 20.4. The van der Waals surface area contributed by atoms with Crippen LogP contribution in [0, 0.1) is 17.3 Å². The number of phenolic OH excluding ortho intramolecular Hbond substituents is 1. The second-order valence-electron chi connectivity index (χ2n) is 17.5. The number of β-amino-alcohol motifs (C(OH)–C–C–N with tert-alkyl or cyclic N) is 1. The average Bonchev–Trinajstić information content (AvgIpc) is 3.79. The number of aliphatic hydroxyl groups is 1. The van der Waals surface area contributed by atoms with E-state index in [9.17, 15) is 19.8 Å². The van der Waals surface area contributed by atoms with Crippen LogP contribution in [0.15, 0.2) is 67.0 Å². The Labute approximate surface area is 330 Å². The average molecular weight is 763 g/mol. The van der Waals surface area contributed by atoms with Gasteiger partial charge in [0.1, 0.15) is 11.8 Å². The second kappa shape index (κ2) is 16.7. The van der Waals surface area contributed by atoms with Gasteiger partial charge in [-0.05, 0) is 112 Å². The number of carbonyl (C=O) groups excluding carboxylic acids is 2. The fourth-order valence-corrected chi connectivity index (χ4v) is 8.88. The van der Waals surface area contributed by atoms with Gasteiger partial charge in [-0.25, -0.2) is 0 Å². The van der Waals surface area contributed by atoms with Gasteiger partial charge in [0, 0.05) is 54.5 Å². The number of piperidine rings is 1. The summed E-state index contributed by atoms with van der Waals surface area (Å²) in [5, 5.41) is 36.6. The lowest BCUT2D eigenvalue weighted by molar-refractivity contribution is -0.141. The first-order valence-corrected chi connectivity index (χ1v) is 20.4. The zero-order chi connectivity index (χ0) is 39.6. The number of aromatic nitrogens is 4. The molecule has 1 aliphatic carbocycles. The molecular formula is C44H58N8O4. The van der Waals surface area contributed by atoms with Crippen LogP contribution in [0.1, 0.15) is 89.7 Å². The number of para-hydroxylation sites is 1. The Morgan fingerprint density at radius 3 is 2.34 bits per heavy atom. The number of hydrogen-bond donors (Lipinski definition) is 4. The van der Waals surface area contributed by atoms with Crippen LogP contribution in [0.4, 0.5) is 5.82 Å². The Kier molecular flexibility index (Phi) is 11.8. The number of benzene rings is 2. The second-order valence-corrected chi connectivity index (χ2v) is 17.5. The molecule has 4 heterocycles. The van der Waals surface area contributed by atoms with Gasteiger partial charge in [-0.3, -0.25) is 19.2 Å². The van der Waals surface area contributed by atoms with Crippen LogP contribution in [0.5, 0.6) is 5.75 Å². The quantitative estimate of drug-likeness (QED) is 0.152. The summed E-state index contributed by atoms with van der Waals surface area (Å²) in [6.45, 7) is 12.1. The van der Waals surface area contributed by atoms with E-state index in [4.69, 9.17) is 5.73 Å². The van der Waals surface area contributed by atoms with Crippen LogP contribution in [0.3, 0.4) is 0 Å². The molecule has 5 N–H and O–H groups in total. The molecule has 2 aromatic carbocycles. The summed E-state index contributed by atoms with van der Waals surface area (Å²) in [6, 6.07) is 17.4. The predicted molar refractivity (Wildman–Crippen MR) is 217 cm³/mol. The molecule has 2 aliphatic heterocycles. The van der Waals surface area contributed by atoms with E-state index in [1.54, 1.807) is 23.1 Å². The number of nitrogens with two attached hydrogens (primary N) is 1. The Balaban J connectivity index is 0.859. The number of amides is 2. The number of nitrogens with zero attached hydrogens (tertiary/aromatic N) is 6. The SMILES string of the molecule is C[C@@H]1C[C@@H](O)CN1C(=O)[C@@H](NC(=O)[C@H]1CC[C@H](c2ccc(CN3CCC(Cn4cc(-c5cc(-c6ccccc6O)nnc5N)cn4)CC3)cc2)CC1)C(C)(C)C. The minimum Gasteiger partial charge on any atom is -0.507 e. The van der Waals surface area contributed by atoms with Crippen LogP contribution >= 0.6 is 0 Å². The summed E-state index contributed by atoms with van der Waals surface area (Å²) in [5.74, 6) is 1.23. The number of anilines is 1. The smallest absolute Gasteiger partial charge is 0.246 e. The largest absolute Gasteiger partial charge is 0.507 e. The van der Waals surface area contributed by atoms with E-state index in [0.29, 0.717) is 41.9 Å². The molecule has 1 saturated carbocycles. The molecule has 0 bridgehead atoms. The molecule has 7 rings (SSSR count). The third kappa shape index (κ3) is 9.08. The highest BCUT2D eigenvalue weighted by Crippen LogP contribution is 2.37. The lowest BCUT2D eigenvalue weighted by Crippen LogP contribution is -2.56. The van der Waals surface area contributed by atoms with Gasteiger partial charge in [0.15, 0.2) is 5.82 Å². The molecule has 3 atom stereocenters. The van der Waals surface area contributed by atoms with Crippen molar-refractivity contribution < 1.29 is 19.8 Å². The Bertz CT molecular complexity index is 1980. The van der Waals surface area contributed by atoms with Gasteiger partial charge in [0.05, 0.1) is 18.0 Å². The van der Waals surface area contributed by atoms with Crippen molar-refractivity contribution in [3.63, 3.8) is 0 Å². The molecule has 298 valence electrons. The third-order valence-corrected chi connectivity index (χ3v) is 12.3. The number of aliphatic hydroxyl groups excluding tert-OH is 1. The van der Waals surface area contributed by atoms with Crippen molar-refractivity contribution in [2.75, 3.05) is 25.4 Å². The van der Waals surface area contributed by atoms with E-state index in [-0.39, 0.29) is 29.5 Å². The number of phenols is 1. The first-order chi connectivity index (χ1) is 26.8. The van der Waals surface area contributed by atoms with Crippen molar-refractivity contribution in [3.05, 3.63) is 78.1 Å². The van der Waals surface area contributed by atoms with Crippen LogP contribution in [0.25, 0.3) is 22.4 Å². The number of aromatic hydroxyl groups is 1. The summed E-state index contributed by atoms with van der Waals surface area (Å²) in [5.41, 5.74) is 11.2. The number of carbonyl (C=O) groups is 2. The maximum Gasteiger partial charge on any atom is 0.246 e. The number of rotatable bonds is 10. The molecule has 3 aliphatic rings. The summed E-state index contributed by atoms with van der Waals surface area (Å²) in [7, 11) is 0. The Hall–Kier alpha value is -4.81. The lowest BCUT2D eigenvalue weighted by atomic mass is 9.77. The molecule has 4 aromatic rings. The molecule has 3 fully saturated rings. The fraction of sp³-hybridized carbons (Fsp3) is 0.523. The molecule has 12 heteroatoms. The summed E-state index contributed by atoms with van der Waals surface area (Å²) in [4.78, 5) is 31.3. The van der Waals surface area contributed by atoms with Gasteiger partial charge in [-0.1, -0.05) is 57.2 Å². The molecular weight excluding hydrogens is 705 g/mol. The lowest BCUT2D eigenvalue weighted by Gasteiger charge is -2.36. The van der Waals surface area contributed by atoms with E-state index < -0.39 is 17.6 Å². The van der Waals surface area contributed by atoms with Gasteiger partial charge < -0.3 is 26.2 Å². The fourth-order valence-electron chi connectivity index (χ4n) is 8.88. The standard InChI is InChI=1S/C44H58N8O4/c1-28-21-35(53)27-52(28)43(56)40(44(2,3)4)47-42(55)33-15-13-32(14-16-33)31-11-9-29(10-12-31)24-50-19-17-30(18-20-50)25-51-26-34(23-46-51)37-22-38(48-49-41(37)45)36-7-5-6-8-39(36)54/h5-12,22-23,26,28,30,32-33,35,40,53-54H,13-21,24-25,27H2,1-4H3,(H2,45,49)(H,47,55)/t28-,32-,33-,35-,40-/m1/s1. The molecule has 56 heavy (non-hydrogen) atoms. The van der Waals surface area contributed by atoms with Crippen molar-refractivity contribution >= 4 is 17.6 Å². The highest BCUT2D eigenvalue weighted by Gasteiger charge is 2.41. The Morgan fingerprint density at radius 1 is 0.964 bits per heavy atom. The normalized spacial score (nSPS) is 22.9. The van der Waals surface area contributed by atoms with Crippen molar-refractivity contribution in [2.24, 2.45) is 17.3 Å². The zero-order valence-corrected chi connectivity index (χ0v) is 33.3. The maximum absolute atomic E-state index is 13.5. The topological polar surface area (TPSA) is 163 Å². The van der Waals surface area contributed by atoms with E-state index in [1.807, 2.05) is 56.9 Å². The van der Waals surface area contributed by atoms with E-state index in [1.165, 1.54) is 11.1 Å². The number of nitrogen functional groups attached to an aromatic ring is 1. The van der Waals surface area contributed by atoms with E-state index in [0.717, 1.165) is 75.8 Å².